The first-order valence-electron chi connectivity index (χ1n) is 6.45. The number of alkyl halides is 3. The molecule has 3 nitrogen and oxygen atoms in total. The summed E-state index contributed by atoms with van der Waals surface area (Å²) in [6.45, 7) is 4.71. The van der Waals surface area contributed by atoms with E-state index >= 15 is 0 Å². The summed E-state index contributed by atoms with van der Waals surface area (Å²) in [4.78, 5) is 0. The Balaban J connectivity index is 2.46. The predicted molar refractivity (Wildman–Crippen MR) is 72.2 cm³/mol. The highest BCUT2D eigenvalue weighted by Crippen LogP contribution is 2.33. The Bertz CT molecular complexity index is 678. The Kier molecular flexibility index (Phi) is 4.03. The van der Waals surface area contributed by atoms with Gasteiger partial charge in [-0.3, -0.25) is 4.68 Å². The van der Waals surface area contributed by atoms with Crippen molar-refractivity contribution >= 4 is 0 Å². The molecule has 0 bridgehead atoms. The van der Waals surface area contributed by atoms with Crippen molar-refractivity contribution in [2.75, 3.05) is 0 Å². The molecule has 0 saturated heterocycles. The van der Waals surface area contributed by atoms with Gasteiger partial charge in [-0.1, -0.05) is 13.8 Å². The summed E-state index contributed by atoms with van der Waals surface area (Å²) in [6.07, 6.45) is -1.29. The van der Waals surface area contributed by atoms with Crippen molar-refractivity contribution in [3.05, 3.63) is 41.7 Å². The number of nitriles is 1. The molecule has 0 radical (unpaired) electrons. The second-order valence-corrected chi connectivity index (χ2v) is 5.21. The van der Waals surface area contributed by atoms with Gasteiger partial charge in [0.1, 0.15) is 0 Å². The Hall–Kier alpha value is -2.29. The van der Waals surface area contributed by atoms with E-state index in [1.165, 1.54) is 12.3 Å². The van der Waals surface area contributed by atoms with Crippen molar-refractivity contribution in [2.24, 2.45) is 5.92 Å². The first-order chi connectivity index (χ1) is 9.81. The first kappa shape index (κ1) is 15.1. The smallest absolute Gasteiger partial charge is 0.272 e. The number of aromatic nitrogens is 2. The summed E-state index contributed by atoms with van der Waals surface area (Å²) in [7, 11) is 0. The zero-order valence-corrected chi connectivity index (χ0v) is 11.6. The topological polar surface area (TPSA) is 41.6 Å². The molecule has 0 atom stereocenters. The molecule has 0 aliphatic rings. The quantitative estimate of drug-likeness (QED) is 0.855. The molecule has 2 rings (SSSR count). The number of benzene rings is 1. The number of hydrogen-bond acceptors (Lipinski definition) is 2. The molecule has 2 aromatic rings. The Morgan fingerprint density at radius 2 is 2.05 bits per heavy atom. The molecule has 0 aliphatic heterocycles. The maximum absolute atomic E-state index is 12.8. The lowest BCUT2D eigenvalue weighted by Gasteiger charge is -2.09. The van der Waals surface area contributed by atoms with Gasteiger partial charge in [0.2, 0.25) is 0 Å². The number of halogens is 3. The maximum atomic E-state index is 12.8. The number of rotatable bonds is 3. The van der Waals surface area contributed by atoms with E-state index < -0.39 is 11.7 Å². The summed E-state index contributed by atoms with van der Waals surface area (Å²) >= 11 is 0. The fourth-order valence-corrected chi connectivity index (χ4v) is 2.03. The molecule has 0 amide bonds. The monoisotopic (exact) mass is 293 g/mol. The molecule has 1 heterocycles. The van der Waals surface area contributed by atoms with Crippen LogP contribution in [-0.4, -0.2) is 9.78 Å². The second-order valence-electron chi connectivity index (χ2n) is 5.21. The highest BCUT2D eigenvalue weighted by Gasteiger charge is 2.31. The van der Waals surface area contributed by atoms with Crippen LogP contribution in [0.15, 0.2) is 30.6 Å². The zero-order chi connectivity index (χ0) is 15.6. The van der Waals surface area contributed by atoms with Crippen molar-refractivity contribution in [2.45, 2.75) is 26.6 Å². The fraction of sp³-hybridized carbons (Fsp3) is 0.333. The molecule has 1 aromatic carbocycles. The highest BCUT2D eigenvalue weighted by molar-refractivity contribution is 5.70. The lowest BCUT2D eigenvalue weighted by atomic mass is 10.00. The van der Waals surface area contributed by atoms with Gasteiger partial charge >= 0.3 is 6.18 Å². The number of hydrogen-bond donors (Lipinski definition) is 0. The Morgan fingerprint density at radius 3 is 2.62 bits per heavy atom. The third-order valence-corrected chi connectivity index (χ3v) is 2.96. The molecule has 1 aromatic heterocycles. The fourth-order valence-electron chi connectivity index (χ4n) is 2.03. The van der Waals surface area contributed by atoms with Crippen LogP contribution in [0.5, 0.6) is 0 Å². The van der Waals surface area contributed by atoms with E-state index in [-0.39, 0.29) is 11.1 Å². The van der Waals surface area contributed by atoms with E-state index in [4.69, 9.17) is 5.26 Å². The molecule has 21 heavy (non-hydrogen) atoms. The van der Waals surface area contributed by atoms with Crippen molar-refractivity contribution in [3.63, 3.8) is 0 Å². The Labute approximate surface area is 120 Å². The molecule has 0 fully saturated rings. The van der Waals surface area contributed by atoms with Crippen LogP contribution in [0.1, 0.15) is 25.0 Å². The van der Waals surface area contributed by atoms with Crippen molar-refractivity contribution < 1.29 is 13.2 Å². The van der Waals surface area contributed by atoms with E-state index in [0.29, 0.717) is 18.0 Å². The largest absolute Gasteiger partial charge is 0.416 e. The van der Waals surface area contributed by atoms with Gasteiger partial charge in [-0.15, -0.1) is 0 Å². The van der Waals surface area contributed by atoms with Gasteiger partial charge in [0.05, 0.1) is 23.4 Å². The van der Waals surface area contributed by atoms with Crippen LogP contribution >= 0.6 is 0 Å². The predicted octanol–water partition coefficient (Wildman–Crippen LogP) is 4.10. The van der Waals surface area contributed by atoms with Crippen LogP contribution in [0.2, 0.25) is 0 Å². The van der Waals surface area contributed by atoms with Crippen LogP contribution in [0.4, 0.5) is 13.2 Å². The third kappa shape index (κ3) is 3.43. The summed E-state index contributed by atoms with van der Waals surface area (Å²) in [5.41, 5.74) is 0.195. The average Bonchev–Trinajstić information content (AvgIpc) is 2.84. The van der Waals surface area contributed by atoms with Crippen molar-refractivity contribution in [1.29, 1.82) is 5.26 Å². The van der Waals surface area contributed by atoms with E-state index in [1.54, 1.807) is 10.9 Å². The van der Waals surface area contributed by atoms with E-state index in [9.17, 15) is 13.2 Å². The van der Waals surface area contributed by atoms with Crippen LogP contribution in [-0.2, 0) is 12.7 Å². The minimum absolute atomic E-state index is 0.201. The standard InChI is InChI=1S/C15H14F3N3/c1-10(2)8-21-9-12(7-20-21)14-5-13(15(16,17)18)4-3-11(14)6-19/h3-5,7,9-10H,8H2,1-2H3. The van der Waals surface area contributed by atoms with Gasteiger partial charge in [0, 0.05) is 23.9 Å². The van der Waals surface area contributed by atoms with Crippen molar-refractivity contribution in [3.8, 4) is 17.2 Å². The summed E-state index contributed by atoms with van der Waals surface area (Å²) in [5.74, 6) is 0.370. The molecule has 0 saturated carbocycles. The maximum Gasteiger partial charge on any atom is 0.416 e. The second kappa shape index (κ2) is 5.60. The lowest BCUT2D eigenvalue weighted by molar-refractivity contribution is -0.137. The minimum atomic E-state index is -4.43. The lowest BCUT2D eigenvalue weighted by Crippen LogP contribution is -2.05. The van der Waals surface area contributed by atoms with Gasteiger partial charge in [0.25, 0.3) is 0 Å². The van der Waals surface area contributed by atoms with Crippen molar-refractivity contribution in [1.82, 2.24) is 9.78 Å². The Morgan fingerprint density at radius 1 is 1.33 bits per heavy atom. The van der Waals surface area contributed by atoms with E-state index in [0.717, 1.165) is 12.1 Å². The summed E-state index contributed by atoms with van der Waals surface area (Å²) < 4.78 is 40.0. The normalized spacial score (nSPS) is 11.7. The molecule has 0 aliphatic carbocycles. The molecule has 0 spiro atoms. The molecular weight excluding hydrogens is 279 g/mol. The van der Waals surface area contributed by atoms with Gasteiger partial charge in [0.15, 0.2) is 0 Å². The third-order valence-electron chi connectivity index (χ3n) is 2.96. The SMILES string of the molecule is CC(C)Cn1cc(-c2cc(C(F)(F)F)ccc2C#N)cn1. The van der Waals surface area contributed by atoms with Gasteiger partial charge in [-0.05, 0) is 24.1 Å². The summed E-state index contributed by atoms with van der Waals surface area (Å²) in [5, 5.41) is 13.2. The highest BCUT2D eigenvalue weighted by atomic mass is 19.4. The van der Waals surface area contributed by atoms with Crippen LogP contribution in [0.25, 0.3) is 11.1 Å². The number of nitrogens with zero attached hydrogens (tertiary/aromatic N) is 3. The molecular formula is C15H14F3N3. The van der Waals surface area contributed by atoms with E-state index in [1.807, 2.05) is 19.9 Å². The molecule has 110 valence electrons. The zero-order valence-electron chi connectivity index (χ0n) is 11.6. The summed E-state index contributed by atoms with van der Waals surface area (Å²) in [6, 6.07) is 5.02. The van der Waals surface area contributed by atoms with Gasteiger partial charge in [-0.2, -0.15) is 23.5 Å². The first-order valence-corrected chi connectivity index (χ1v) is 6.45. The van der Waals surface area contributed by atoms with E-state index in [2.05, 4.69) is 5.10 Å². The van der Waals surface area contributed by atoms with Gasteiger partial charge in [-0.25, -0.2) is 0 Å². The van der Waals surface area contributed by atoms with Crippen LogP contribution in [0.3, 0.4) is 0 Å². The molecule has 0 N–H and O–H groups in total. The van der Waals surface area contributed by atoms with Crippen LogP contribution < -0.4 is 0 Å². The average molecular weight is 293 g/mol. The van der Waals surface area contributed by atoms with Crippen LogP contribution in [0, 0.1) is 17.2 Å². The molecule has 6 heteroatoms. The molecule has 0 unspecified atom stereocenters. The van der Waals surface area contributed by atoms with Gasteiger partial charge < -0.3 is 0 Å². The minimum Gasteiger partial charge on any atom is -0.272 e.